The van der Waals surface area contributed by atoms with Crippen molar-refractivity contribution in [3.63, 3.8) is 0 Å². The molecular formula is C17H20O3S. The van der Waals surface area contributed by atoms with Gasteiger partial charge in [-0.3, -0.25) is 4.79 Å². The normalized spacial score (nSPS) is 11.7. The Kier molecular flexibility index (Phi) is 5.12. The first-order valence-corrected chi connectivity index (χ1v) is 9.03. The van der Waals surface area contributed by atoms with Crippen LogP contribution in [0, 0.1) is 0 Å². The molecule has 3 nitrogen and oxygen atoms in total. The average Bonchev–Trinajstić information content (AvgIpc) is 2.47. The van der Waals surface area contributed by atoms with Gasteiger partial charge in [-0.2, -0.15) is 0 Å². The molecule has 2 rings (SSSR count). The molecule has 0 aliphatic rings. The van der Waals surface area contributed by atoms with Crippen LogP contribution >= 0.6 is 0 Å². The molecule has 0 fully saturated rings. The molecule has 0 aromatic heterocycles. The lowest BCUT2D eigenvalue weighted by atomic mass is 9.99. The van der Waals surface area contributed by atoms with Crippen LogP contribution in [0.2, 0.25) is 0 Å². The molecule has 0 spiro atoms. The highest BCUT2D eigenvalue weighted by Crippen LogP contribution is 2.19. The van der Waals surface area contributed by atoms with Crippen molar-refractivity contribution in [3.05, 3.63) is 48.0 Å². The predicted octanol–water partition coefficient (Wildman–Crippen LogP) is 3.17. The fourth-order valence-corrected chi connectivity index (χ4v) is 3.25. The van der Waals surface area contributed by atoms with Gasteiger partial charge < -0.3 is 0 Å². The van der Waals surface area contributed by atoms with Gasteiger partial charge in [0.25, 0.3) is 0 Å². The fraction of sp³-hybridized carbons (Fsp3) is 0.353. The Balaban J connectivity index is 1.99. The van der Waals surface area contributed by atoms with Crippen LogP contribution in [0.15, 0.2) is 42.5 Å². The number of sulfone groups is 1. The zero-order valence-corrected chi connectivity index (χ0v) is 13.0. The first-order valence-electron chi connectivity index (χ1n) is 7.20. The summed E-state index contributed by atoms with van der Waals surface area (Å²) in [6, 6.07) is 13.9. The van der Waals surface area contributed by atoms with Gasteiger partial charge in [-0.05, 0) is 22.8 Å². The third-order valence-electron chi connectivity index (χ3n) is 3.62. The van der Waals surface area contributed by atoms with Gasteiger partial charge in [0.2, 0.25) is 0 Å². The van der Waals surface area contributed by atoms with Gasteiger partial charge in [0.05, 0.1) is 5.75 Å². The lowest BCUT2D eigenvalue weighted by Crippen LogP contribution is -2.11. The summed E-state index contributed by atoms with van der Waals surface area (Å²) in [5, 5.41) is 2.21. The maximum Gasteiger partial charge on any atom is 0.150 e. The Labute approximate surface area is 125 Å². The second-order valence-electron chi connectivity index (χ2n) is 5.19. The van der Waals surface area contributed by atoms with Crippen molar-refractivity contribution in [1.29, 1.82) is 0 Å². The van der Waals surface area contributed by atoms with Crippen LogP contribution in [0.5, 0.6) is 0 Å². The minimum atomic E-state index is -2.97. The lowest BCUT2D eigenvalue weighted by molar-refractivity contribution is -0.118. The Morgan fingerprint density at radius 2 is 1.76 bits per heavy atom. The Bertz CT molecular complexity index is 727. The fourth-order valence-electron chi connectivity index (χ4n) is 2.38. The molecule has 0 saturated heterocycles. The van der Waals surface area contributed by atoms with E-state index in [0.29, 0.717) is 19.3 Å². The van der Waals surface area contributed by atoms with Crippen LogP contribution in [0.3, 0.4) is 0 Å². The number of carbonyl (C=O) groups is 1. The summed E-state index contributed by atoms with van der Waals surface area (Å²) in [6.45, 7) is 1.63. The number of hydrogen-bond donors (Lipinski definition) is 0. The van der Waals surface area contributed by atoms with Gasteiger partial charge in [0.15, 0.2) is 0 Å². The van der Waals surface area contributed by atoms with Crippen LogP contribution in [0.25, 0.3) is 10.8 Å². The predicted molar refractivity (Wildman–Crippen MR) is 86.2 cm³/mol. The molecule has 0 atom stereocenters. The number of hydrogen-bond acceptors (Lipinski definition) is 3. The molecular weight excluding hydrogens is 284 g/mol. The zero-order valence-electron chi connectivity index (χ0n) is 12.2. The van der Waals surface area contributed by atoms with E-state index in [1.807, 2.05) is 42.5 Å². The van der Waals surface area contributed by atoms with E-state index in [1.165, 1.54) is 0 Å². The first kappa shape index (κ1) is 15.7. The molecule has 0 bridgehead atoms. The minimum absolute atomic E-state index is 0.0951. The molecule has 0 radical (unpaired) electrons. The van der Waals surface area contributed by atoms with E-state index in [1.54, 1.807) is 6.92 Å². The van der Waals surface area contributed by atoms with Crippen molar-refractivity contribution < 1.29 is 13.2 Å². The number of fused-ring (bicyclic) bond motifs is 1. The van der Waals surface area contributed by atoms with E-state index < -0.39 is 9.84 Å². The first-order chi connectivity index (χ1) is 10.0. The van der Waals surface area contributed by atoms with Crippen LogP contribution in [-0.2, 0) is 21.1 Å². The highest BCUT2D eigenvalue weighted by Gasteiger charge is 2.11. The summed E-state index contributed by atoms with van der Waals surface area (Å²) in [5.74, 6) is 0.340. The topological polar surface area (TPSA) is 51.2 Å². The molecule has 112 valence electrons. The van der Waals surface area contributed by atoms with Crippen LogP contribution in [0.1, 0.15) is 25.3 Å². The molecule has 0 N–H and O–H groups in total. The lowest BCUT2D eigenvalue weighted by Gasteiger charge is -2.06. The van der Waals surface area contributed by atoms with Gasteiger partial charge in [0, 0.05) is 18.6 Å². The van der Waals surface area contributed by atoms with Gasteiger partial charge in [-0.1, -0.05) is 49.4 Å². The molecule has 0 aliphatic carbocycles. The van der Waals surface area contributed by atoms with E-state index in [2.05, 4.69) is 0 Å². The highest BCUT2D eigenvalue weighted by molar-refractivity contribution is 7.91. The van der Waals surface area contributed by atoms with Crippen molar-refractivity contribution in [2.45, 2.75) is 26.2 Å². The quantitative estimate of drug-likeness (QED) is 0.789. The Morgan fingerprint density at radius 3 is 2.52 bits per heavy atom. The average molecular weight is 304 g/mol. The van der Waals surface area contributed by atoms with Gasteiger partial charge in [-0.15, -0.1) is 0 Å². The molecule has 0 unspecified atom stereocenters. The maximum absolute atomic E-state index is 12.0. The van der Waals surface area contributed by atoms with E-state index in [-0.39, 0.29) is 17.3 Å². The number of ketones is 1. The standard InChI is InChI=1S/C17H20O3S/c1-2-21(19,20)12-6-10-16(18)13-15-9-5-8-14-7-3-4-11-17(14)15/h3-5,7-9,11H,2,6,10,12-13H2,1H3. The molecule has 0 saturated carbocycles. The molecule has 2 aromatic rings. The second-order valence-corrected chi connectivity index (χ2v) is 7.67. The molecule has 4 heteroatoms. The Morgan fingerprint density at radius 1 is 1.05 bits per heavy atom. The number of carbonyl (C=O) groups excluding carboxylic acids is 1. The highest BCUT2D eigenvalue weighted by atomic mass is 32.2. The summed E-state index contributed by atoms with van der Waals surface area (Å²) in [6.07, 6.45) is 1.11. The smallest absolute Gasteiger partial charge is 0.150 e. The van der Waals surface area contributed by atoms with Gasteiger partial charge in [0.1, 0.15) is 15.6 Å². The van der Waals surface area contributed by atoms with Crippen LogP contribution in [0.4, 0.5) is 0 Å². The van der Waals surface area contributed by atoms with Gasteiger partial charge in [-0.25, -0.2) is 8.42 Å². The van der Waals surface area contributed by atoms with E-state index in [0.717, 1.165) is 16.3 Å². The van der Waals surface area contributed by atoms with Crippen molar-refractivity contribution in [2.75, 3.05) is 11.5 Å². The van der Waals surface area contributed by atoms with Crippen LogP contribution < -0.4 is 0 Å². The summed E-state index contributed by atoms with van der Waals surface area (Å²) >= 11 is 0. The van der Waals surface area contributed by atoms with Gasteiger partial charge >= 0.3 is 0 Å². The monoisotopic (exact) mass is 304 g/mol. The third kappa shape index (κ3) is 4.39. The van der Waals surface area contributed by atoms with Crippen molar-refractivity contribution in [2.24, 2.45) is 0 Å². The molecule has 2 aromatic carbocycles. The van der Waals surface area contributed by atoms with E-state index >= 15 is 0 Å². The summed E-state index contributed by atoms with van der Waals surface area (Å²) in [7, 11) is -2.97. The van der Waals surface area contributed by atoms with Crippen molar-refractivity contribution in [1.82, 2.24) is 0 Å². The van der Waals surface area contributed by atoms with Crippen molar-refractivity contribution >= 4 is 26.4 Å². The number of benzene rings is 2. The SMILES string of the molecule is CCS(=O)(=O)CCCC(=O)Cc1cccc2ccccc12. The third-order valence-corrected chi connectivity index (χ3v) is 5.41. The molecule has 21 heavy (non-hydrogen) atoms. The summed E-state index contributed by atoms with van der Waals surface area (Å²) < 4.78 is 22.8. The Hall–Kier alpha value is -1.68. The number of rotatable bonds is 7. The van der Waals surface area contributed by atoms with Crippen LogP contribution in [-0.4, -0.2) is 25.7 Å². The van der Waals surface area contributed by atoms with E-state index in [9.17, 15) is 13.2 Å². The zero-order chi connectivity index (χ0) is 15.3. The van der Waals surface area contributed by atoms with Crippen molar-refractivity contribution in [3.8, 4) is 0 Å². The molecule has 0 heterocycles. The second kappa shape index (κ2) is 6.85. The minimum Gasteiger partial charge on any atom is -0.299 e. The largest absolute Gasteiger partial charge is 0.299 e. The summed E-state index contributed by atoms with van der Waals surface area (Å²) in [4.78, 5) is 12.0. The summed E-state index contributed by atoms with van der Waals surface area (Å²) in [5.41, 5.74) is 1.01. The molecule has 0 amide bonds. The molecule has 0 aliphatic heterocycles. The number of Topliss-reactive ketones (excluding diaryl/α,β-unsaturated/α-hetero) is 1. The van der Waals surface area contributed by atoms with E-state index in [4.69, 9.17) is 0 Å². The maximum atomic E-state index is 12.0.